The van der Waals surface area contributed by atoms with Crippen molar-refractivity contribution >= 4 is 22.4 Å². The first-order valence-corrected chi connectivity index (χ1v) is 9.98. The van der Waals surface area contributed by atoms with E-state index in [1.54, 1.807) is 11.3 Å². The molecular formula is C21H19N3O2S. The van der Waals surface area contributed by atoms with Crippen molar-refractivity contribution in [1.82, 2.24) is 10.3 Å². The Kier molecular flexibility index (Phi) is 4.05. The maximum atomic E-state index is 13.3. The molecule has 2 aromatic carbocycles. The number of hydrogen-bond acceptors (Lipinski definition) is 5. The smallest absolute Gasteiger partial charge is 0.232 e. The molecule has 0 saturated carbocycles. The van der Waals surface area contributed by atoms with Gasteiger partial charge in [-0.25, -0.2) is 4.98 Å². The number of rotatable bonds is 3. The molecule has 1 atom stereocenters. The van der Waals surface area contributed by atoms with Crippen LogP contribution in [0.3, 0.4) is 0 Å². The van der Waals surface area contributed by atoms with Crippen LogP contribution in [0.1, 0.15) is 23.5 Å². The van der Waals surface area contributed by atoms with Crippen LogP contribution in [-0.4, -0.2) is 30.0 Å². The first kappa shape index (κ1) is 16.3. The van der Waals surface area contributed by atoms with Gasteiger partial charge in [0.25, 0.3) is 0 Å². The topological polar surface area (TPSA) is 54.5 Å². The summed E-state index contributed by atoms with van der Waals surface area (Å²) < 4.78 is 6.00. The van der Waals surface area contributed by atoms with Crippen molar-refractivity contribution in [3.8, 4) is 11.5 Å². The van der Waals surface area contributed by atoms with Gasteiger partial charge >= 0.3 is 0 Å². The molecule has 2 aliphatic heterocycles. The number of carbonyl (C=O) groups is 1. The lowest BCUT2D eigenvalue weighted by atomic mass is 9.87. The third-order valence-electron chi connectivity index (χ3n) is 5.17. The minimum absolute atomic E-state index is 0.0317. The lowest BCUT2D eigenvalue weighted by molar-refractivity contribution is -0.122. The summed E-state index contributed by atoms with van der Waals surface area (Å²) in [5, 5.41) is 6.27. The Hall–Kier alpha value is -2.86. The van der Waals surface area contributed by atoms with E-state index in [0.717, 1.165) is 47.3 Å². The van der Waals surface area contributed by atoms with Gasteiger partial charge in [0, 0.05) is 41.8 Å². The number of thiazole rings is 1. The van der Waals surface area contributed by atoms with Gasteiger partial charge < -0.3 is 15.0 Å². The van der Waals surface area contributed by atoms with E-state index in [-0.39, 0.29) is 17.9 Å². The predicted octanol–water partition coefficient (Wildman–Crippen LogP) is 3.78. The number of para-hydroxylation sites is 2. The zero-order valence-electron chi connectivity index (χ0n) is 14.7. The molecule has 1 aromatic heterocycles. The van der Waals surface area contributed by atoms with E-state index in [0.29, 0.717) is 0 Å². The predicted molar refractivity (Wildman–Crippen MR) is 106 cm³/mol. The van der Waals surface area contributed by atoms with Gasteiger partial charge in [-0.3, -0.25) is 4.79 Å². The summed E-state index contributed by atoms with van der Waals surface area (Å²) in [5.41, 5.74) is 1.84. The van der Waals surface area contributed by atoms with Crippen molar-refractivity contribution in [3.63, 3.8) is 0 Å². The highest BCUT2D eigenvalue weighted by atomic mass is 32.1. The fourth-order valence-corrected chi connectivity index (χ4v) is 4.58. The summed E-state index contributed by atoms with van der Waals surface area (Å²) in [5.74, 6) is 1.20. The zero-order chi connectivity index (χ0) is 18.2. The normalized spacial score (nSPS) is 18.5. The number of hydrogen-bond donors (Lipinski definition) is 1. The van der Waals surface area contributed by atoms with Gasteiger partial charge in [-0.1, -0.05) is 36.4 Å². The highest BCUT2D eigenvalue weighted by Gasteiger charge is 2.34. The second kappa shape index (κ2) is 6.70. The van der Waals surface area contributed by atoms with Crippen molar-refractivity contribution in [1.29, 1.82) is 0 Å². The van der Waals surface area contributed by atoms with Crippen LogP contribution >= 0.6 is 11.3 Å². The molecule has 0 radical (unpaired) electrons. The SMILES string of the molecule is O=C(NC1CCN(c2nccs2)C1)C1c2ccccc2Oc2ccccc21. The number of nitrogens with zero attached hydrogens (tertiary/aromatic N) is 2. The Morgan fingerprint density at radius 3 is 2.48 bits per heavy atom. The lowest BCUT2D eigenvalue weighted by Crippen LogP contribution is -2.40. The lowest BCUT2D eigenvalue weighted by Gasteiger charge is -2.28. The largest absolute Gasteiger partial charge is 0.457 e. The first-order valence-electron chi connectivity index (χ1n) is 9.10. The average Bonchev–Trinajstić information content (AvgIpc) is 3.37. The minimum Gasteiger partial charge on any atom is -0.457 e. The fraction of sp³-hybridized carbons (Fsp3) is 0.238. The average molecular weight is 377 g/mol. The molecule has 5 rings (SSSR count). The van der Waals surface area contributed by atoms with E-state index >= 15 is 0 Å². The van der Waals surface area contributed by atoms with Gasteiger partial charge in [-0.05, 0) is 18.6 Å². The van der Waals surface area contributed by atoms with Crippen molar-refractivity contribution in [3.05, 3.63) is 71.2 Å². The van der Waals surface area contributed by atoms with Crippen molar-refractivity contribution in [2.75, 3.05) is 18.0 Å². The van der Waals surface area contributed by atoms with E-state index in [1.165, 1.54) is 0 Å². The highest BCUT2D eigenvalue weighted by molar-refractivity contribution is 7.13. The van der Waals surface area contributed by atoms with Crippen LogP contribution in [0, 0.1) is 0 Å². The molecule has 5 nitrogen and oxygen atoms in total. The number of ether oxygens (including phenoxy) is 1. The van der Waals surface area contributed by atoms with Crippen LogP contribution in [0.4, 0.5) is 5.13 Å². The number of aromatic nitrogens is 1. The quantitative estimate of drug-likeness (QED) is 0.755. The molecular weight excluding hydrogens is 358 g/mol. The summed E-state index contributed by atoms with van der Waals surface area (Å²) in [6, 6.07) is 15.7. The van der Waals surface area contributed by atoms with Crippen LogP contribution in [0.5, 0.6) is 11.5 Å². The van der Waals surface area contributed by atoms with E-state index in [1.807, 2.05) is 60.1 Å². The third-order valence-corrected chi connectivity index (χ3v) is 6.00. The number of amides is 1. The number of carbonyl (C=O) groups excluding carboxylic acids is 1. The molecule has 136 valence electrons. The molecule has 3 heterocycles. The third kappa shape index (κ3) is 2.96. The Morgan fingerprint density at radius 2 is 1.81 bits per heavy atom. The summed E-state index contributed by atoms with van der Waals surface area (Å²) in [6.45, 7) is 1.71. The standard InChI is InChI=1S/C21H19N3O2S/c25-20(23-14-9-11-24(13-14)21-22-10-12-27-21)19-15-5-1-3-7-17(15)26-18-8-4-2-6-16(18)19/h1-8,10,12,14,19H,9,11,13H2,(H,23,25). The Morgan fingerprint density at radius 1 is 1.11 bits per heavy atom. The second-order valence-corrected chi connectivity index (χ2v) is 7.74. The van der Waals surface area contributed by atoms with E-state index in [4.69, 9.17) is 4.74 Å². The molecule has 1 saturated heterocycles. The Bertz CT molecular complexity index is 928. The van der Waals surface area contributed by atoms with Gasteiger partial charge in [0.15, 0.2) is 5.13 Å². The molecule has 3 aromatic rings. The Balaban J connectivity index is 1.39. The summed E-state index contributed by atoms with van der Waals surface area (Å²) in [4.78, 5) is 19.9. The monoisotopic (exact) mass is 377 g/mol. The molecule has 1 amide bonds. The summed E-state index contributed by atoms with van der Waals surface area (Å²) in [7, 11) is 0. The molecule has 1 fully saturated rings. The molecule has 1 N–H and O–H groups in total. The summed E-state index contributed by atoms with van der Waals surface area (Å²) in [6.07, 6.45) is 2.75. The number of benzene rings is 2. The van der Waals surface area contributed by atoms with Gasteiger partial charge in [0.1, 0.15) is 11.5 Å². The molecule has 0 aliphatic carbocycles. The maximum Gasteiger partial charge on any atom is 0.232 e. The fourth-order valence-electron chi connectivity index (χ4n) is 3.90. The maximum absolute atomic E-state index is 13.3. The van der Waals surface area contributed by atoms with Gasteiger partial charge in [0.2, 0.25) is 5.91 Å². The Labute approximate surface area is 161 Å². The van der Waals surface area contributed by atoms with Gasteiger partial charge in [-0.15, -0.1) is 11.3 Å². The molecule has 0 spiro atoms. The molecule has 6 heteroatoms. The summed E-state index contributed by atoms with van der Waals surface area (Å²) >= 11 is 1.64. The van der Waals surface area contributed by atoms with Crippen LogP contribution in [0.25, 0.3) is 0 Å². The van der Waals surface area contributed by atoms with Gasteiger partial charge in [0.05, 0.1) is 5.92 Å². The highest BCUT2D eigenvalue weighted by Crippen LogP contribution is 2.44. The molecule has 2 aliphatic rings. The van der Waals surface area contributed by atoms with Crippen LogP contribution < -0.4 is 15.0 Å². The molecule has 27 heavy (non-hydrogen) atoms. The first-order chi connectivity index (χ1) is 13.3. The zero-order valence-corrected chi connectivity index (χ0v) is 15.5. The van der Waals surface area contributed by atoms with Crippen LogP contribution in [0.2, 0.25) is 0 Å². The number of anilines is 1. The van der Waals surface area contributed by atoms with Crippen molar-refractivity contribution in [2.24, 2.45) is 0 Å². The van der Waals surface area contributed by atoms with Crippen LogP contribution in [0.15, 0.2) is 60.1 Å². The molecule has 1 unspecified atom stereocenters. The van der Waals surface area contributed by atoms with E-state index in [2.05, 4.69) is 15.2 Å². The number of fused-ring (bicyclic) bond motifs is 2. The van der Waals surface area contributed by atoms with Gasteiger partial charge in [-0.2, -0.15) is 0 Å². The second-order valence-electron chi connectivity index (χ2n) is 6.87. The van der Waals surface area contributed by atoms with E-state index < -0.39 is 0 Å². The van der Waals surface area contributed by atoms with Crippen molar-refractivity contribution in [2.45, 2.75) is 18.4 Å². The van der Waals surface area contributed by atoms with Crippen LogP contribution in [-0.2, 0) is 4.79 Å². The number of nitrogens with one attached hydrogen (secondary N) is 1. The van der Waals surface area contributed by atoms with Crippen molar-refractivity contribution < 1.29 is 9.53 Å². The minimum atomic E-state index is -0.347. The van der Waals surface area contributed by atoms with E-state index in [9.17, 15) is 4.79 Å². The molecule has 0 bridgehead atoms.